The fourth-order valence-corrected chi connectivity index (χ4v) is 7.11. The molecule has 4 heterocycles. The molecule has 4 aromatic rings. The second-order valence-corrected chi connectivity index (χ2v) is 14.5. The van der Waals surface area contributed by atoms with Crippen LogP contribution >= 0.6 is 15.9 Å². The molecule has 1 unspecified atom stereocenters. The average Bonchev–Trinajstić information content (AvgIpc) is 3.21. The molecule has 13 heteroatoms. The summed E-state index contributed by atoms with van der Waals surface area (Å²) in [6.07, 6.45) is 7.56. The Morgan fingerprint density at radius 2 is 1.15 bits per heavy atom. The number of hydrogen-bond acceptors (Lipinski definition) is 12. The van der Waals surface area contributed by atoms with Gasteiger partial charge in [-0.1, -0.05) is 15.9 Å². The van der Waals surface area contributed by atoms with Crippen LogP contribution in [-0.2, 0) is 22.3 Å². The summed E-state index contributed by atoms with van der Waals surface area (Å²) in [4.78, 5) is 46.8. The number of carbonyl (C=O) groups excluding carboxylic acids is 2. The van der Waals surface area contributed by atoms with Crippen LogP contribution in [0.25, 0.3) is 22.8 Å². The fraction of sp³-hybridized carbons (Fsp3) is 0.450. The van der Waals surface area contributed by atoms with Crippen molar-refractivity contribution in [3.05, 3.63) is 83.4 Å². The van der Waals surface area contributed by atoms with Gasteiger partial charge in [-0.25, -0.2) is 19.9 Å². The summed E-state index contributed by atoms with van der Waals surface area (Å²) < 4.78 is 22.4. The molecule has 4 aliphatic rings. The van der Waals surface area contributed by atoms with Crippen molar-refractivity contribution in [1.29, 1.82) is 0 Å². The van der Waals surface area contributed by atoms with Crippen LogP contribution < -0.4 is 9.47 Å². The summed E-state index contributed by atoms with van der Waals surface area (Å²) in [7, 11) is 0. The molecule has 1 atom stereocenters. The van der Waals surface area contributed by atoms with Crippen LogP contribution in [0.5, 0.6) is 11.5 Å². The molecule has 8 rings (SSSR count). The molecule has 2 aliphatic heterocycles. The summed E-state index contributed by atoms with van der Waals surface area (Å²) in [5.74, 6) is 2.99. The Morgan fingerprint density at radius 3 is 1.68 bits per heavy atom. The number of aryl methyl sites for hydroxylation is 2. The molecule has 2 saturated heterocycles. The molecule has 2 aromatic heterocycles. The van der Waals surface area contributed by atoms with Crippen LogP contribution in [0.3, 0.4) is 0 Å². The van der Waals surface area contributed by atoms with Gasteiger partial charge in [0.15, 0.2) is 23.2 Å². The number of Topliss-reactive ketones (excluding diaryl/α,β-unsaturated/α-hetero) is 2. The first-order valence-electron chi connectivity index (χ1n) is 18.5. The minimum atomic E-state index is -0.144. The van der Waals surface area contributed by atoms with Crippen molar-refractivity contribution in [2.45, 2.75) is 36.9 Å². The molecule has 278 valence electrons. The zero-order valence-electron chi connectivity index (χ0n) is 29.9. The lowest BCUT2D eigenvalue weighted by molar-refractivity contribution is 0.0321. The van der Waals surface area contributed by atoms with Crippen LogP contribution in [-0.4, -0.2) is 125 Å². The van der Waals surface area contributed by atoms with Crippen molar-refractivity contribution in [3.63, 3.8) is 0 Å². The number of nitrogens with zero attached hydrogens (tertiary/aromatic N) is 6. The van der Waals surface area contributed by atoms with E-state index < -0.39 is 0 Å². The smallest absolute Gasteiger partial charge is 0.195 e. The maximum Gasteiger partial charge on any atom is 0.195 e. The highest BCUT2D eigenvalue weighted by Gasteiger charge is 2.27. The van der Waals surface area contributed by atoms with Gasteiger partial charge >= 0.3 is 0 Å². The highest BCUT2D eigenvalue weighted by Crippen LogP contribution is 2.27. The number of fused-ring (bicyclic) bond motifs is 2. The lowest BCUT2D eigenvalue weighted by Crippen LogP contribution is -2.38. The Kier molecular flexibility index (Phi) is 12.8. The number of alkyl halides is 1. The number of halogens is 1. The van der Waals surface area contributed by atoms with E-state index in [2.05, 4.69) is 45.7 Å². The molecule has 0 amide bonds. The maximum absolute atomic E-state index is 12.3. The standard InChI is InChI=1S/C20H22BrN3O3.C20H23N3O3/c21-17-6-3-15-13-22-20(23-18(15)19(17)25)14-1-4-16(5-2-14)27-12-9-24-7-10-26-11-8-24;24-18-3-1-2-16-14-21-20(22-19(16)18)15-4-6-17(7-5-15)26-13-10-23-8-11-25-12-9-23/h1-2,4-5,13,17H,3,6-12H2;4-7,14H,1-3,8-13H2. The van der Waals surface area contributed by atoms with Gasteiger partial charge in [0.05, 0.1) is 31.3 Å². The van der Waals surface area contributed by atoms with Crippen LogP contribution in [0.4, 0.5) is 0 Å². The summed E-state index contributed by atoms with van der Waals surface area (Å²) >= 11 is 3.43. The van der Waals surface area contributed by atoms with Crippen molar-refractivity contribution in [2.24, 2.45) is 0 Å². The number of aromatic nitrogens is 4. The van der Waals surface area contributed by atoms with Crippen molar-refractivity contribution in [3.8, 4) is 34.3 Å². The van der Waals surface area contributed by atoms with E-state index in [1.807, 2.05) is 48.5 Å². The molecule has 2 fully saturated rings. The second kappa shape index (κ2) is 18.3. The van der Waals surface area contributed by atoms with Gasteiger partial charge < -0.3 is 18.9 Å². The molecule has 2 aliphatic carbocycles. The van der Waals surface area contributed by atoms with Crippen molar-refractivity contribution < 1.29 is 28.5 Å². The Morgan fingerprint density at radius 1 is 0.660 bits per heavy atom. The SMILES string of the molecule is O=C1CCCc2cnc(-c3ccc(OCCN4CCOCC4)cc3)nc21.O=C1c2nc(-c3ccc(OCCN4CCOCC4)cc3)ncc2CCC1Br. The first-order chi connectivity index (χ1) is 26.0. The van der Waals surface area contributed by atoms with Crippen LogP contribution in [0.2, 0.25) is 0 Å². The number of ether oxygens (including phenoxy) is 4. The summed E-state index contributed by atoms with van der Waals surface area (Å²) in [6, 6.07) is 15.5. The zero-order chi connectivity index (χ0) is 36.4. The van der Waals surface area contributed by atoms with E-state index in [4.69, 9.17) is 18.9 Å². The Bertz CT molecular complexity index is 1850. The quantitative estimate of drug-likeness (QED) is 0.198. The number of benzene rings is 2. The Balaban J connectivity index is 0.000000164. The molecule has 0 spiro atoms. The Hall–Kier alpha value is -4.14. The third-order valence-electron chi connectivity index (χ3n) is 9.81. The largest absolute Gasteiger partial charge is 0.492 e. The molecule has 0 bridgehead atoms. The van der Waals surface area contributed by atoms with E-state index >= 15 is 0 Å². The van der Waals surface area contributed by atoms with Gasteiger partial charge in [0.2, 0.25) is 0 Å². The van der Waals surface area contributed by atoms with Crippen molar-refractivity contribution in [2.75, 3.05) is 78.9 Å². The number of carbonyl (C=O) groups is 2. The molecule has 0 radical (unpaired) electrons. The van der Waals surface area contributed by atoms with E-state index in [0.29, 0.717) is 42.7 Å². The van der Waals surface area contributed by atoms with Gasteiger partial charge in [0.1, 0.15) is 36.1 Å². The molecule has 53 heavy (non-hydrogen) atoms. The number of hydrogen-bond donors (Lipinski definition) is 0. The van der Waals surface area contributed by atoms with Gasteiger partial charge in [-0.05, 0) is 85.3 Å². The second-order valence-electron chi connectivity index (χ2n) is 13.4. The predicted molar refractivity (Wildman–Crippen MR) is 203 cm³/mol. The lowest BCUT2D eigenvalue weighted by Gasteiger charge is -2.26. The van der Waals surface area contributed by atoms with Gasteiger partial charge in [0, 0.05) is 69.2 Å². The van der Waals surface area contributed by atoms with E-state index in [-0.39, 0.29) is 16.4 Å². The predicted octanol–water partition coefficient (Wildman–Crippen LogP) is 5.12. The summed E-state index contributed by atoms with van der Waals surface area (Å²) in [5.41, 5.74) is 4.80. The number of rotatable bonds is 10. The van der Waals surface area contributed by atoms with Crippen LogP contribution in [0.1, 0.15) is 51.4 Å². The molecule has 0 saturated carbocycles. The van der Waals surface area contributed by atoms with Crippen molar-refractivity contribution >= 4 is 27.5 Å². The third kappa shape index (κ3) is 9.89. The van der Waals surface area contributed by atoms with E-state index in [1.54, 1.807) is 12.4 Å². The minimum absolute atomic E-state index is 0.0444. The molecular formula is C40H45BrN6O6. The normalized spacial score (nSPS) is 19.1. The van der Waals surface area contributed by atoms with E-state index in [9.17, 15) is 9.59 Å². The summed E-state index contributed by atoms with van der Waals surface area (Å²) in [5, 5.41) is 0. The van der Waals surface area contributed by atoms with E-state index in [0.717, 1.165) is 125 Å². The Labute approximate surface area is 318 Å². The first kappa shape index (κ1) is 37.2. The lowest BCUT2D eigenvalue weighted by atomic mass is 9.96. The molecule has 2 aromatic carbocycles. The van der Waals surface area contributed by atoms with E-state index in [1.165, 1.54) is 0 Å². The van der Waals surface area contributed by atoms with Gasteiger partial charge in [-0.15, -0.1) is 0 Å². The minimum Gasteiger partial charge on any atom is -0.492 e. The average molecular weight is 786 g/mol. The van der Waals surface area contributed by atoms with Gasteiger partial charge in [-0.2, -0.15) is 0 Å². The highest BCUT2D eigenvalue weighted by atomic mass is 79.9. The third-order valence-corrected chi connectivity index (χ3v) is 10.7. The fourth-order valence-electron chi connectivity index (χ4n) is 6.67. The van der Waals surface area contributed by atoms with Crippen LogP contribution in [0, 0.1) is 0 Å². The molecular weight excluding hydrogens is 740 g/mol. The van der Waals surface area contributed by atoms with Crippen LogP contribution in [0.15, 0.2) is 60.9 Å². The molecule has 0 N–H and O–H groups in total. The van der Waals surface area contributed by atoms with Crippen molar-refractivity contribution in [1.82, 2.24) is 29.7 Å². The number of morpholine rings is 2. The summed E-state index contributed by atoms with van der Waals surface area (Å²) in [6.45, 7) is 10.2. The monoisotopic (exact) mass is 784 g/mol. The number of ketones is 2. The van der Waals surface area contributed by atoms with Gasteiger partial charge in [0.25, 0.3) is 0 Å². The zero-order valence-corrected chi connectivity index (χ0v) is 31.5. The topological polar surface area (TPSA) is 129 Å². The highest BCUT2D eigenvalue weighted by molar-refractivity contribution is 9.10. The maximum atomic E-state index is 12.3. The molecule has 12 nitrogen and oxygen atoms in total. The first-order valence-corrected chi connectivity index (χ1v) is 19.4. The van der Waals surface area contributed by atoms with Gasteiger partial charge in [-0.3, -0.25) is 19.4 Å².